The number of carbonyl (C=O) groups excluding carboxylic acids is 1. The van der Waals surface area contributed by atoms with Crippen LogP contribution in [0.1, 0.15) is 13.3 Å². The van der Waals surface area contributed by atoms with Gasteiger partial charge in [-0.25, -0.2) is 27.6 Å². The Bertz CT molecular complexity index is 1400. The summed E-state index contributed by atoms with van der Waals surface area (Å²) in [5.41, 5.74) is 2.17. The second-order valence-electron chi connectivity index (χ2n) is 9.00. The van der Waals surface area contributed by atoms with Gasteiger partial charge >= 0.3 is 6.03 Å². The third-order valence-corrected chi connectivity index (χ3v) is 7.17. The van der Waals surface area contributed by atoms with Crippen molar-refractivity contribution in [3.63, 3.8) is 0 Å². The van der Waals surface area contributed by atoms with E-state index in [2.05, 4.69) is 15.6 Å². The number of nitrogens with zero attached hydrogens (tertiary/aromatic N) is 3. The number of nitrogens with one attached hydrogen (secondary N) is 2. The lowest BCUT2D eigenvalue weighted by Crippen LogP contribution is -2.44. The molecule has 0 aliphatic carbocycles. The number of sulfone groups is 1. The fourth-order valence-corrected chi connectivity index (χ4v) is 4.96. The number of aliphatic hydroxyl groups excluding tert-OH is 1. The van der Waals surface area contributed by atoms with Crippen molar-refractivity contribution < 1.29 is 27.4 Å². The third-order valence-electron chi connectivity index (χ3n) is 6.01. The maximum absolute atomic E-state index is 14.3. The van der Waals surface area contributed by atoms with E-state index in [1.165, 1.54) is 6.07 Å². The highest BCUT2D eigenvalue weighted by molar-refractivity contribution is 7.90. The second-order valence-corrected chi connectivity index (χ2v) is 11.0. The zero-order valence-corrected chi connectivity index (χ0v) is 22.0. The lowest BCUT2D eigenvalue weighted by molar-refractivity contribution is 0.0981. The van der Waals surface area contributed by atoms with Crippen molar-refractivity contribution in [2.75, 3.05) is 49.4 Å². The van der Waals surface area contributed by atoms with Gasteiger partial charge in [0.15, 0.2) is 9.84 Å². The van der Waals surface area contributed by atoms with E-state index >= 15 is 0 Å². The first-order valence-corrected chi connectivity index (χ1v) is 14.0. The monoisotopic (exact) mass is 543 g/mol. The predicted molar refractivity (Wildman–Crippen MR) is 142 cm³/mol. The number of benzene rings is 2. The molecule has 3 N–H and O–H groups in total. The number of anilines is 2. The van der Waals surface area contributed by atoms with Gasteiger partial charge in [0, 0.05) is 42.8 Å². The summed E-state index contributed by atoms with van der Waals surface area (Å²) in [6.07, 6.45) is 1.53. The molecule has 12 heteroatoms. The highest BCUT2D eigenvalue weighted by Crippen LogP contribution is 2.32. The molecule has 4 rings (SSSR count). The minimum absolute atomic E-state index is 0.0115. The van der Waals surface area contributed by atoms with E-state index in [0.717, 1.165) is 18.4 Å². The number of hydrogen-bond donors (Lipinski definition) is 3. The fraction of sp³-hybridized carbons (Fsp3) is 0.346. The second kappa shape index (κ2) is 11.8. The Hall–Kier alpha value is -3.61. The summed E-state index contributed by atoms with van der Waals surface area (Å²) >= 11 is 0. The van der Waals surface area contributed by atoms with Gasteiger partial charge < -0.3 is 25.4 Å². The van der Waals surface area contributed by atoms with Crippen LogP contribution >= 0.6 is 0 Å². The van der Waals surface area contributed by atoms with E-state index in [-0.39, 0.29) is 28.8 Å². The molecular weight excluding hydrogens is 513 g/mol. The lowest BCUT2D eigenvalue weighted by Gasteiger charge is -2.33. The number of rotatable bonds is 8. The Kier molecular flexibility index (Phi) is 8.55. The van der Waals surface area contributed by atoms with E-state index in [4.69, 9.17) is 14.8 Å². The number of aliphatic hydroxyl groups is 1. The van der Waals surface area contributed by atoms with Gasteiger partial charge in [-0.2, -0.15) is 0 Å². The lowest BCUT2D eigenvalue weighted by atomic mass is 10.1. The van der Waals surface area contributed by atoms with Crippen LogP contribution < -0.4 is 15.5 Å². The van der Waals surface area contributed by atoms with Gasteiger partial charge in [0.25, 0.3) is 0 Å². The van der Waals surface area contributed by atoms with Crippen LogP contribution in [-0.4, -0.2) is 74.7 Å². The molecule has 2 aromatic carbocycles. The number of carbonyl (C=O) groups is 1. The van der Waals surface area contributed by atoms with Gasteiger partial charge in [0.1, 0.15) is 5.82 Å². The van der Waals surface area contributed by atoms with Gasteiger partial charge in [-0.1, -0.05) is 12.1 Å². The molecule has 0 radical (unpaired) electrons. The molecule has 2 amide bonds. The zero-order valence-electron chi connectivity index (χ0n) is 21.1. The van der Waals surface area contributed by atoms with E-state index in [1.54, 1.807) is 30.3 Å². The highest BCUT2D eigenvalue weighted by atomic mass is 32.2. The molecule has 0 bridgehead atoms. The van der Waals surface area contributed by atoms with Crippen molar-refractivity contribution in [1.82, 2.24) is 15.3 Å². The molecule has 0 saturated carbocycles. The van der Waals surface area contributed by atoms with E-state index in [1.807, 2.05) is 11.8 Å². The predicted octanol–water partition coefficient (Wildman–Crippen LogP) is 3.08. The molecule has 1 aliphatic heterocycles. The molecule has 1 saturated heterocycles. The topological polar surface area (TPSA) is 134 Å². The maximum atomic E-state index is 14.3. The number of morpholine rings is 1. The number of hydrogen-bond acceptors (Lipinski definition) is 8. The summed E-state index contributed by atoms with van der Waals surface area (Å²) in [5, 5.41) is 14.2. The van der Waals surface area contributed by atoms with E-state index in [9.17, 15) is 17.6 Å². The molecule has 202 valence electrons. The van der Waals surface area contributed by atoms with Crippen LogP contribution in [0.3, 0.4) is 0 Å². The minimum atomic E-state index is -3.67. The van der Waals surface area contributed by atoms with Crippen LogP contribution in [0.15, 0.2) is 53.4 Å². The van der Waals surface area contributed by atoms with Crippen molar-refractivity contribution in [2.45, 2.75) is 24.3 Å². The Morgan fingerprint density at radius 1 is 1.16 bits per heavy atom. The smallest absolute Gasteiger partial charge is 0.319 e. The quantitative estimate of drug-likeness (QED) is 0.292. The molecule has 10 nitrogen and oxygen atoms in total. The van der Waals surface area contributed by atoms with E-state index in [0.29, 0.717) is 55.6 Å². The number of urea groups is 1. The van der Waals surface area contributed by atoms with Crippen molar-refractivity contribution >= 4 is 27.5 Å². The molecule has 1 atom stereocenters. The molecular formula is C26H30FN5O5S. The molecule has 0 spiro atoms. The van der Waals surface area contributed by atoms with Crippen LogP contribution in [0.2, 0.25) is 0 Å². The number of halogens is 1. The van der Waals surface area contributed by atoms with Gasteiger partial charge in [0.2, 0.25) is 5.95 Å². The zero-order chi connectivity index (χ0) is 27.3. The molecule has 1 aliphatic rings. The normalized spacial score (nSPS) is 15.8. The number of amides is 2. The number of ether oxygens (including phenoxy) is 1. The molecule has 1 fully saturated rings. The summed E-state index contributed by atoms with van der Waals surface area (Å²) < 4.78 is 44.8. The molecule has 38 heavy (non-hydrogen) atoms. The largest absolute Gasteiger partial charge is 0.396 e. The van der Waals surface area contributed by atoms with Crippen LogP contribution in [0.25, 0.3) is 22.5 Å². The first-order chi connectivity index (χ1) is 18.2. The Labute approximate surface area is 220 Å². The van der Waals surface area contributed by atoms with Gasteiger partial charge in [-0.15, -0.1) is 0 Å². The first-order valence-electron chi connectivity index (χ1n) is 12.2. The summed E-state index contributed by atoms with van der Waals surface area (Å²) in [4.78, 5) is 23.4. The first kappa shape index (κ1) is 27.4. The maximum Gasteiger partial charge on any atom is 0.319 e. The van der Waals surface area contributed by atoms with Crippen LogP contribution in [0, 0.1) is 5.82 Å². The van der Waals surface area contributed by atoms with Gasteiger partial charge in [-0.05, 0) is 49.7 Å². The molecule has 3 aromatic rings. The van der Waals surface area contributed by atoms with Crippen LogP contribution in [-0.2, 0) is 14.6 Å². The summed E-state index contributed by atoms with van der Waals surface area (Å²) in [6, 6.07) is 11.7. The standard InChI is InChI=1S/C26H30FN5O5S/c1-17-16-37-13-11-32(17)25-30-22(18-4-7-20(8-5-18)29-26(34)28-10-3-12-33)15-23(31-25)21-14-19(27)6-9-24(21)38(2,35)36/h4-9,14-15,17,33H,3,10-13,16H2,1-2H3,(H2,28,29,34)/t17-/m0/s1. The van der Waals surface area contributed by atoms with E-state index < -0.39 is 21.7 Å². The third kappa shape index (κ3) is 6.63. The van der Waals surface area contributed by atoms with Gasteiger partial charge in [-0.3, -0.25) is 0 Å². The summed E-state index contributed by atoms with van der Waals surface area (Å²) in [7, 11) is -3.67. The minimum Gasteiger partial charge on any atom is -0.396 e. The summed E-state index contributed by atoms with van der Waals surface area (Å²) in [6.45, 7) is 3.83. The van der Waals surface area contributed by atoms with Crippen molar-refractivity contribution in [3.8, 4) is 22.5 Å². The molecule has 0 unspecified atom stereocenters. The molecule has 2 heterocycles. The summed E-state index contributed by atoms with van der Waals surface area (Å²) in [5.74, 6) is -0.205. The van der Waals surface area contributed by atoms with Crippen molar-refractivity contribution in [2.24, 2.45) is 0 Å². The fourth-order valence-electron chi connectivity index (χ4n) is 4.08. The van der Waals surface area contributed by atoms with Crippen LogP contribution in [0.4, 0.5) is 20.8 Å². The Balaban J connectivity index is 1.74. The SMILES string of the molecule is C[C@H]1COCCN1c1nc(-c2ccc(NC(=O)NCCCO)cc2)cc(-c2cc(F)ccc2S(C)(=O)=O)n1. The highest BCUT2D eigenvalue weighted by Gasteiger charge is 2.24. The van der Waals surface area contributed by atoms with Crippen molar-refractivity contribution in [1.29, 1.82) is 0 Å². The average Bonchev–Trinajstić information content (AvgIpc) is 2.88. The van der Waals surface area contributed by atoms with Crippen molar-refractivity contribution in [3.05, 3.63) is 54.3 Å². The Morgan fingerprint density at radius 3 is 2.58 bits per heavy atom. The number of aromatic nitrogens is 2. The van der Waals surface area contributed by atoms with Gasteiger partial charge in [0.05, 0.1) is 35.5 Å². The average molecular weight is 544 g/mol. The Morgan fingerprint density at radius 2 is 1.89 bits per heavy atom. The van der Waals surface area contributed by atoms with Crippen LogP contribution in [0.5, 0.6) is 0 Å². The molecule has 1 aromatic heterocycles.